The van der Waals surface area contributed by atoms with Gasteiger partial charge in [0.1, 0.15) is 5.82 Å². The molecule has 1 atom stereocenters. The Morgan fingerprint density at radius 2 is 1.72 bits per heavy atom. The number of fused-ring (bicyclic) bond motifs is 1. The van der Waals surface area contributed by atoms with Crippen LogP contribution in [-0.2, 0) is 19.5 Å². The van der Waals surface area contributed by atoms with Crippen LogP contribution in [0.25, 0.3) is 10.9 Å². The second kappa shape index (κ2) is 11.4. The number of halogens is 1. The fourth-order valence-electron chi connectivity index (χ4n) is 4.44. The highest BCUT2D eigenvalue weighted by Gasteiger charge is 2.29. The van der Waals surface area contributed by atoms with Gasteiger partial charge in [-0.15, -0.1) is 0 Å². The van der Waals surface area contributed by atoms with E-state index in [9.17, 15) is 9.59 Å². The molecule has 3 aromatic carbocycles. The summed E-state index contributed by atoms with van der Waals surface area (Å²) in [6, 6.07) is 22.1. The van der Waals surface area contributed by atoms with E-state index < -0.39 is 6.04 Å². The maximum atomic E-state index is 13.7. The third kappa shape index (κ3) is 5.44. The van der Waals surface area contributed by atoms with Gasteiger partial charge in [-0.3, -0.25) is 9.36 Å². The van der Waals surface area contributed by atoms with E-state index >= 15 is 0 Å². The Hall–Kier alpha value is -3.64. The summed E-state index contributed by atoms with van der Waals surface area (Å²) >= 11 is 6.22. The lowest BCUT2D eigenvalue weighted by atomic mass is 10.1. The van der Waals surface area contributed by atoms with Gasteiger partial charge in [-0.1, -0.05) is 67.9 Å². The van der Waals surface area contributed by atoms with Crippen molar-refractivity contribution in [2.45, 2.75) is 52.7 Å². The normalized spacial score (nSPS) is 11.9. The maximum Gasteiger partial charge on any atom is 0.322 e. The monoisotopic (exact) mass is 502 g/mol. The number of rotatable bonds is 8. The smallest absolute Gasteiger partial charge is 0.310 e. The van der Waals surface area contributed by atoms with Crippen LogP contribution in [0.3, 0.4) is 0 Å². The van der Waals surface area contributed by atoms with Gasteiger partial charge in [0.15, 0.2) is 0 Å². The number of hydrogen-bond acceptors (Lipinski definition) is 3. The predicted molar refractivity (Wildman–Crippen MR) is 147 cm³/mol. The van der Waals surface area contributed by atoms with E-state index in [1.54, 1.807) is 27.7 Å². The molecule has 6 nitrogen and oxygen atoms in total. The minimum atomic E-state index is -0.434. The molecular formula is C29H31ClN4O2. The molecule has 0 radical (unpaired) electrons. The van der Waals surface area contributed by atoms with E-state index in [0.717, 1.165) is 17.7 Å². The van der Waals surface area contributed by atoms with Crippen molar-refractivity contribution in [2.75, 3.05) is 5.32 Å². The van der Waals surface area contributed by atoms with Gasteiger partial charge in [-0.2, -0.15) is 0 Å². The predicted octanol–water partition coefficient (Wildman–Crippen LogP) is 6.82. The number of aromatic nitrogens is 2. The number of anilines is 1. The van der Waals surface area contributed by atoms with Gasteiger partial charge in [0, 0.05) is 23.8 Å². The van der Waals surface area contributed by atoms with Gasteiger partial charge in [-0.05, 0) is 61.2 Å². The molecule has 0 aliphatic heterocycles. The molecule has 1 heterocycles. The standard InChI is InChI=1S/C29H31ClN4O2/c1-4-20-12-15-23(16-13-20)31-29(36)34(19-21-10-8-7-9-11-21)26(5-2)27-32-25-18-22(30)14-17-24(25)28(35)33(27)6-3/h7-18,26H,4-6,19H2,1-3H3,(H,31,36). The summed E-state index contributed by atoms with van der Waals surface area (Å²) in [6.07, 6.45) is 1.51. The van der Waals surface area contributed by atoms with Crippen LogP contribution in [-0.4, -0.2) is 20.5 Å². The molecule has 186 valence electrons. The maximum absolute atomic E-state index is 13.7. The van der Waals surface area contributed by atoms with Crippen LogP contribution >= 0.6 is 11.6 Å². The molecule has 1 N–H and O–H groups in total. The molecule has 0 saturated heterocycles. The first-order valence-corrected chi connectivity index (χ1v) is 12.7. The van der Waals surface area contributed by atoms with Crippen molar-refractivity contribution in [3.63, 3.8) is 0 Å². The molecule has 1 aromatic heterocycles. The van der Waals surface area contributed by atoms with E-state index in [0.29, 0.717) is 41.3 Å². The first-order chi connectivity index (χ1) is 17.4. The third-order valence-electron chi connectivity index (χ3n) is 6.39. The molecule has 0 spiro atoms. The van der Waals surface area contributed by atoms with Crippen molar-refractivity contribution < 1.29 is 4.79 Å². The highest BCUT2D eigenvalue weighted by molar-refractivity contribution is 6.31. The molecule has 1 unspecified atom stereocenters. The largest absolute Gasteiger partial charge is 0.322 e. The molecule has 0 saturated carbocycles. The van der Waals surface area contributed by atoms with Crippen LogP contribution in [0.15, 0.2) is 77.6 Å². The first kappa shape index (κ1) is 25.5. The first-order valence-electron chi connectivity index (χ1n) is 12.4. The Morgan fingerprint density at radius 1 is 1.00 bits per heavy atom. The lowest BCUT2D eigenvalue weighted by Gasteiger charge is -2.32. The van der Waals surface area contributed by atoms with Crippen LogP contribution in [0.2, 0.25) is 5.02 Å². The zero-order valence-corrected chi connectivity index (χ0v) is 21.6. The van der Waals surface area contributed by atoms with E-state index in [-0.39, 0.29) is 11.6 Å². The number of carbonyl (C=O) groups is 1. The van der Waals surface area contributed by atoms with Crippen LogP contribution in [0.5, 0.6) is 0 Å². The highest BCUT2D eigenvalue weighted by Crippen LogP contribution is 2.27. The van der Waals surface area contributed by atoms with Crippen molar-refractivity contribution >= 4 is 34.2 Å². The second-order valence-electron chi connectivity index (χ2n) is 8.70. The Balaban J connectivity index is 1.79. The quantitative estimate of drug-likeness (QED) is 0.287. The third-order valence-corrected chi connectivity index (χ3v) is 6.63. The summed E-state index contributed by atoms with van der Waals surface area (Å²) < 4.78 is 1.66. The lowest BCUT2D eigenvalue weighted by Crippen LogP contribution is -2.40. The highest BCUT2D eigenvalue weighted by atomic mass is 35.5. The van der Waals surface area contributed by atoms with Crippen LogP contribution in [0.1, 0.15) is 50.2 Å². The number of nitrogens with one attached hydrogen (secondary N) is 1. The van der Waals surface area contributed by atoms with Crippen LogP contribution in [0.4, 0.5) is 10.5 Å². The molecule has 2 amide bonds. The van der Waals surface area contributed by atoms with Gasteiger partial charge >= 0.3 is 6.03 Å². The number of amides is 2. The topological polar surface area (TPSA) is 67.2 Å². The molecular weight excluding hydrogens is 472 g/mol. The number of nitrogens with zero attached hydrogens (tertiary/aromatic N) is 3. The summed E-state index contributed by atoms with van der Waals surface area (Å²) in [7, 11) is 0. The van der Waals surface area contributed by atoms with Crippen LogP contribution < -0.4 is 10.9 Å². The lowest BCUT2D eigenvalue weighted by molar-refractivity contribution is 0.175. The van der Waals surface area contributed by atoms with Crippen molar-refractivity contribution in [1.29, 1.82) is 0 Å². The Labute approximate surface area is 216 Å². The summed E-state index contributed by atoms with van der Waals surface area (Å²) in [5, 5.41) is 4.07. The van der Waals surface area contributed by atoms with Crippen molar-refractivity contribution in [3.8, 4) is 0 Å². The molecule has 36 heavy (non-hydrogen) atoms. The minimum absolute atomic E-state index is 0.136. The second-order valence-corrected chi connectivity index (χ2v) is 9.14. The van der Waals surface area contributed by atoms with Gasteiger partial charge in [0.25, 0.3) is 5.56 Å². The fourth-order valence-corrected chi connectivity index (χ4v) is 4.60. The molecule has 0 aliphatic carbocycles. The number of benzene rings is 3. The summed E-state index contributed by atoms with van der Waals surface area (Å²) in [6.45, 7) is 6.82. The summed E-state index contributed by atoms with van der Waals surface area (Å²) in [5.74, 6) is 0.548. The Bertz CT molecular complexity index is 1400. The van der Waals surface area contributed by atoms with Crippen molar-refractivity contribution in [2.24, 2.45) is 0 Å². The van der Waals surface area contributed by atoms with E-state index in [1.807, 2.05) is 68.4 Å². The number of urea groups is 1. The van der Waals surface area contributed by atoms with Crippen LogP contribution in [0, 0.1) is 0 Å². The Kier molecular flexibility index (Phi) is 8.06. The molecule has 0 bridgehead atoms. The van der Waals surface area contributed by atoms with E-state index in [2.05, 4.69) is 12.2 Å². The molecule has 0 aliphatic rings. The fraction of sp³-hybridized carbons (Fsp3) is 0.276. The zero-order chi connectivity index (χ0) is 25.7. The SMILES string of the molecule is CCc1ccc(NC(=O)N(Cc2ccccc2)C(CC)c2nc3cc(Cl)ccc3c(=O)n2CC)cc1. The van der Waals surface area contributed by atoms with Gasteiger partial charge in [-0.25, -0.2) is 9.78 Å². The van der Waals surface area contributed by atoms with Crippen molar-refractivity contribution in [3.05, 3.63) is 105 Å². The molecule has 7 heteroatoms. The van der Waals surface area contributed by atoms with Crippen molar-refractivity contribution in [1.82, 2.24) is 14.5 Å². The zero-order valence-electron chi connectivity index (χ0n) is 20.9. The summed E-state index contributed by atoms with van der Waals surface area (Å²) in [5.41, 5.74) is 3.30. The van der Waals surface area contributed by atoms with E-state index in [1.165, 1.54) is 5.56 Å². The molecule has 4 aromatic rings. The summed E-state index contributed by atoms with van der Waals surface area (Å²) in [4.78, 5) is 33.7. The van der Waals surface area contributed by atoms with Gasteiger partial charge < -0.3 is 10.2 Å². The molecule has 4 rings (SSSR count). The average molecular weight is 503 g/mol. The molecule has 0 fully saturated rings. The number of hydrogen-bond donors (Lipinski definition) is 1. The number of carbonyl (C=O) groups excluding carboxylic acids is 1. The van der Waals surface area contributed by atoms with Gasteiger partial charge in [0.05, 0.1) is 16.9 Å². The minimum Gasteiger partial charge on any atom is -0.310 e. The number of aryl methyl sites for hydroxylation is 1. The van der Waals surface area contributed by atoms with Gasteiger partial charge in [0.2, 0.25) is 0 Å². The average Bonchev–Trinajstić information content (AvgIpc) is 2.89. The Morgan fingerprint density at radius 3 is 2.36 bits per heavy atom. The van der Waals surface area contributed by atoms with E-state index in [4.69, 9.17) is 16.6 Å².